The van der Waals surface area contributed by atoms with Crippen LogP contribution in [0.1, 0.15) is 19.8 Å². The molecule has 3 atom stereocenters. The number of rotatable bonds is 7. The van der Waals surface area contributed by atoms with E-state index < -0.39 is 59.1 Å². The van der Waals surface area contributed by atoms with Gasteiger partial charge in [0.25, 0.3) is 5.91 Å². The van der Waals surface area contributed by atoms with E-state index in [1.165, 1.54) is 11.9 Å². The summed E-state index contributed by atoms with van der Waals surface area (Å²) >= 11 is 5.45. The molecule has 1 aliphatic rings. The van der Waals surface area contributed by atoms with Crippen molar-refractivity contribution in [1.82, 2.24) is 15.6 Å². The van der Waals surface area contributed by atoms with Crippen molar-refractivity contribution in [3.05, 3.63) is 40.7 Å². The van der Waals surface area contributed by atoms with E-state index in [2.05, 4.69) is 16.1 Å². The van der Waals surface area contributed by atoms with Gasteiger partial charge in [0.05, 0.1) is 24.1 Å². The number of hydrogen-bond donors (Lipinski definition) is 5. The van der Waals surface area contributed by atoms with Crippen LogP contribution in [0.15, 0.2) is 24.0 Å². The molecular weight excluding hydrogens is 503 g/mol. The minimum Gasteiger partial charge on any atom is -0.400 e. The number of nitrogens with two attached hydrogens (primary N) is 2. The zero-order valence-electron chi connectivity index (χ0n) is 18.8. The summed E-state index contributed by atoms with van der Waals surface area (Å²) in [5, 5.41) is 4.07. The van der Waals surface area contributed by atoms with Crippen LogP contribution in [-0.2, 0) is 14.4 Å². The van der Waals surface area contributed by atoms with Gasteiger partial charge in [-0.3, -0.25) is 20.2 Å². The molecule has 0 saturated carbocycles. The smallest absolute Gasteiger partial charge is 0.390 e. The lowest BCUT2D eigenvalue weighted by Crippen LogP contribution is -2.39. The number of aldehydes is 1. The third-order valence-electron chi connectivity index (χ3n) is 5.21. The second-order valence-electron chi connectivity index (χ2n) is 7.47. The number of likely N-dealkylation sites (N-methyl/N-ethyl adjacent to an activating group) is 1. The lowest BCUT2D eigenvalue weighted by Gasteiger charge is -2.22. The van der Waals surface area contributed by atoms with Gasteiger partial charge >= 0.3 is 6.18 Å². The van der Waals surface area contributed by atoms with Gasteiger partial charge in [0.1, 0.15) is 10.8 Å². The predicted octanol–water partition coefficient (Wildman–Crippen LogP) is 1.78. The predicted molar refractivity (Wildman–Crippen MR) is 118 cm³/mol. The van der Waals surface area contributed by atoms with Crippen molar-refractivity contribution in [3.63, 3.8) is 0 Å². The Bertz CT molecular complexity index is 947. The molecule has 0 aromatic heterocycles. The lowest BCUT2D eigenvalue weighted by molar-refractivity contribution is -0.139. The maximum Gasteiger partial charge on any atom is 0.390 e. The summed E-state index contributed by atoms with van der Waals surface area (Å²) in [4.78, 5) is 35.4. The molecule has 1 heterocycles. The Morgan fingerprint density at radius 3 is 2.46 bits per heavy atom. The van der Waals surface area contributed by atoms with Crippen molar-refractivity contribution >= 4 is 35.4 Å². The van der Waals surface area contributed by atoms with Crippen LogP contribution in [0.3, 0.4) is 0 Å². The van der Waals surface area contributed by atoms with Gasteiger partial charge < -0.3 is 26.7 Å². The molecule has 7 N–H and O–H groups in total. The van der Waals surface area contributed by atoms with E-state index >= 15 is 0 Å². The van der Waals surface area contributed by atoms with Crippen LogP contribution >= 0.6 is 11.6 Å². The molecule has 0 aliphatic carbocycles. The van der Waals surface area contributed by atoms with Crippen LogP contribution in [0.5, 0.6) is 0 Å². The Kier molecular flexibility index (Phi) is 11.3. The van der Waals surface area contributed by atoms with Crippen LogP contribution < -0.4 is 27.6 Å². The summed E-state index contributed by atoms with van der Waals surface area (Å²) in [5.41, 5.74) is 7.16. The minimum atomic E-state index is -4.25. The van der Waals surface area contributed by atoms with Crippen molar-refractivity contribution in [2.24, 2.45) is 17.5 Å². The number of nitrogens with zero attached hydrogens (tertiary/aromatic N) is 1. The molecule has 2 unspecified atom stereocenters. The second kappa shape index (κ2) is 13.2. The number of carbonyl (C=O) groups excluding carboxylic acids is 3. The highest BCUT2D eigenvalue weighted by Gasteiger charge is 2.38. The molecule has 196 valence electrons. The summed E-state index contributed by atoms with van der Waals surface area (Å²) in [6.07, 6.45) is -3.61. The Balaban J connectivity index is 0.000000405. The summed E-state index contributed by atoms with van der Waals surface area (Å²) < 4.78 is 62.6. The number of benzene rings is 1. The molecule has 1 aliphatic heterocycles. The van der Waals surface area contributed by atoms with E-state index in [9.17, 15) is 36.3 Å². The van der Waals surface area contributed by atoms with Crippen LogP contribution in [0, 0.1) is 17.6 Å². The normalized spacial score (nSPS) is 18.9. The highest BCUT2D eigenvalue weighted by Crippen LogP contribution is 2.29. The molecular formula is C20H26ClF5N6O3. The molecule has 0 radical (unpaired) electrons. The third-order valence-corrected chi connectivity index (χ3v) is 5.55. The number of hydrogen-bond acceptors (Lipinski definition) is 7. The maximum atomic E-state index is 13.8. The number of amides is 2. The molecule has 1 aromatic carbocycles. The van der Waals surface area contributed by atoms with Gasteiger partial charge in [-0.2, -0.15) is 13.2 Å². The highest BCUT2D eigenvalue weighted by molar-refractivity contribution is 6.31. The number of alkyl halides is 3. The molecule has 2 rings (SSSR count). The fourth-order valence-corrected chi connectivity index (χ4v) is 3.50. The zero-order chi connectivity index (χ0) is 26.9. The molecule has 9 nitrogen and oxygen atoms in total. The number of likely N-dealkylation sites (tertiary alicyclic amines) is 1. The van der Waals surface area contributed by atoms with E-state index in [1.807, 2.05) is 0 Å². The Morgan fingerprint density at radius 2 is 1.94 bits per heavy atom. The number of carbonyl (C=O) groups is 3. The van der Waals surface area contributed by atoms with Crippen LogP contribution in [-0.4, -0.2) is 54.9 Å². The number of anilines is 1. The second-order valence-corrected chi connectivity index (χ2v) is 7.85. The van der Waals surface area contributed by atoms with Gasteiger partial charge in [-0.25, -0.2) is 8.78 Å². The maximum absolute atomic E-state index is 13.8. The first-order valence-electron chi connectivity index (χ1n) is 10.1. The SMILES string of the molecule is CNC(CC(F)(F)F)/C(N)=C/NN.C[C@H]1C(C(=O)Nc2ccc(F)c(Cl)c2F)CCN1C(=O)C=O. The van der Waals surface area contributed by atoms with Gasteiger partial charge in [0.15, 0.2) is 5.82 Å². The quantitative estimate of drug-likeness (QED) is 0.0906. The van der Waals surface area contributed by atoms with Gasteiger partial charge in [-0.15, -0.1) is 0 Å². The molecule has 1 saturated heterocycles. The van der Waals surface area contributed by atoms with Gasteiger partial charge in [0, 0.05) is 24.5 Å². The lowest BCUT2D eigenvalue weighted by atomic mass is 10.0. The van der Waals surface area contributed by atoms with Crippen molar-refractivity contribution in [1.29, 1.82) is 0 Å². The highest BCUT2D eigenvalue weighted by atomic mass is 35.5. The summed E-state index contributed by atoms with van der Waals surface area (Å²) in [6.45, 7) is 1.90. The van der Waals surface area contributed by atoms with Crippen LogP contribution in [0.2, 0.25) is 5.02 Å². The van der Waals surface area contributed by atoms with Crippen LogP contribution in [0.25, 0.3) is 0 Å². The van der Waals surface area contributed by atoms with Crippen molar-refractivity contribution in [2.45, 2.75) is 38.0 Å². The first kappa shape index (κ1) is 30.1. The van der Waals surface area contributed by atoms with Gasteiger partial charge in [-0.1, -0.05) is 11.6 Å². The van der Waals surface area contributed by atoms with Crippen molar-refractivity contribution in [3.8, 4) is 0 Å². The zero-order valence-corrected chi connectivity index (χ0v) is 19.5. The monoisotopic (exact) mass is 528 g/mol. The number of halogens is 6. The number of hydrazine groups is 1. The van der Waals surface area contributed by atoms with Gasteiger partial charge in [0.2, 0.25) is 12.2 Å². The van der Waals surface area contributed by atoms with Crippen LogP contribution in [0.4, 0.5) is 27.6 Å². The fourth-order valence-electron chi connectivity index (χ4n) is 3.33. The topological polar surface area (TPSA) is 143 Å². The standard InChI is InChI=1S/C14H13ClF2N2O3.C6H13F3N4/c1-7-8(4-5-19(7)11(21)6-20)14(22)18-10-3-2-9(16)12(15)13(10)17;1-12-5(2-6(7,8)9)4(10)3-13-11/h2-3,6-8H,4-5H2,1H3,(H,18,22);3,5,12-13H,2,10-11H2,1H3/b;4-3-/t7-,8?;/m0./s1. The summed E-state index contributed by atoms with van der Waals surface area (Å²) in [6, 6.07) is 0.580. The van der Waals surface area contributed by atoms with E-state index in [-0.39, 0.29) is 24.2 Å². The number of nitrogens with one attached hydrogen (secondary N) is 3. The summed E-state index contributed by atoms with van der Waals surface area (Å²) in [5.74, 6) is 1.09. The van der Waals surface area contributed by atoms with Crippen molar-refractivity contribution < 1.29 is 36.3 Å². The van der Waals surface area contributed by atoms with E-state index in [0.717, 1.165) is 18.3 Å². The third kappa shape index (κ3) is 8.64. The average molecular weight is 529 g/mol. The first-order chi connectivity index (χ1) is 16.3. The Hall–Kier alpha value is -2.97. The molecule has 35 heavy (non-hydrogen) atoms. The Morgan fingerprint density at radius 1 is 1.31 bits per heavy atom. The molecule has 0 bridgehead atoms. The molecule has 0 spiro atoms. The van der Waals surface area contributed by atoms with Crippen molar-refractivity contribution in [2.75, 3.05) is 18.9 Å². The molecule has 2 amide bonds. The van der Waals surface area contributed by atoms with E-state index in [0.29, 0.717) is 6.42 Å². The molecule has 1 fully saturated rings. The fraction of sp³-hybridized carbons (Fsp3) is 0.450. The molecule has 1 aromatic rings. The molecule has 15 heteroatoms. The minimum absolute atomic E-state index is 0.0160. The largest absolute Gasteiger partial charge is 0.400 e. The van der Waals surface area contributed by atoms with E-state index in [1.54, 1.807) is 6.92 Å². The first-order valence-corrected chi connectivity index (χ1v) is 10.5. The average Bonchev–Trinajstić information content (AvgIpc) is 3.18. The van der Waals surface area contributed by atoms with E-state index in [4.69, 9.17) is 23.2 Å². The van der Waals surface area contributed by atoms with Gasteiger partial charge in [-0.05, 0) is 32.5 Å². The summed E-state index contributed by atoms with van der Waals surface area (Å²) in [7, 11) is 1.40. The Labute approximate surface area is 203 Å².